The lowest BCUT2D eigenvalue weighted by atomic mass is 9.91. The van der Waals surface area contributed by atoms with Crippen LogP contribution in [0.4, 0.5) is 0 Å². The van der Waals surface area contributed by atoms with Crippen LogP contribution in [0.5, 0.6) is 17.2 Å². The van der Waals surface area contributed by atoms with Crippen LogP contribution >= 0.6 is 0 Å². The van der Waals surface area contributed by atoms with Gasteiger partial charge in [-0.15, -0.1) is 0 Å². The number of hydrogen-bond donors (Lipinski definition) is 2. The molecule has 3 N–H and O–H groups in total. The number of carbonyl (C=O) groups is 1. The second-order valence-electron chi connectivity index (χ2n) is 7.46. The zero-order chi connectivity index (χ0) is 20.4. The van der Waals surface area contributed by atoms with Crippen molar-refractivity contribution < 1.29 is 23.8 Å². The van der Waals surface area contributed by atoms with Gasteiger partial charge in [-0.2, -0.15) is 0 Å². The Bertz CT molecular complexity index is 964. The van der Waals surface area contributed by atoms with Crippen LogP contribution in [-0.2, 0) is 11.3 Å². The van der Waals surface area contributed by atoms with Crippen molar-refractivity contribution in [3.05, 3.63) is 51.6 Å². The maximum absolute atomic E-state index is 12.4. The number of benzene rings is 1. The first-order valence-electron chi connectivity index (χ1n) is 9.77. The van der Waals surface area contributed by atoms with E-state index in [1.807, 2.05) is 0 Å². The van der Waals surface area contributed by atoms with Crippen LogP contribution in [0, 0.1) is 0 Å². The van der Waals surface area contributed by atoms with Crippen LogP contribution in [0.25, 0.3) is 0 Å². The summed E-state index contributed by atoms with van der Waals surface area (Å²) >= 11 is 0. The van der Waals surface area contributed by atoms with E-state index in [4.69, 9.17) is 19.6 Å². The number of nitrogens with two attached hydrogens (primary N) is 1. The lowest BCUT2D eigenvalue weighted by Crippen LogP contribution is -2.29. The standard InChI is InChI=1S/C21H24N2O6/c22-19(25)10-15(13-4-5-17-18(8-13)28-12-27-17)21-20(26)16(24)9-14(29-21)11-23-6-2-1-3-7-23/h4-5,8-9,15,26H,1-3,6-7,10-12H2,(H2,22,25). The maximum atomic E-state index is 12.4. The molecule has 0 spiro atoms. The smallest absolute Gasteiger partial charge is 0.231 e. The Kier molecular flexibility index (Phi) is 5.44. The summed E-state index contributed by atoms with van der Waals surface area (Å²) in [6.07, 6.45) is 3.29. The maximum Gasteiger partial charge on any atom is 0.231 e. The van der Waals surface area contributed by atoms with E-state index in [0.29, 0.717) is 29.4 Å². The number of rotatable bonds is 6. The van der Waals surface area contributed by atoms with Crippen molar-refractivity contribution in [1.29, 1.82) is 0 Å². The van der Waals surface area contributed by atoms with Crippen LogP contribution in [0.15, 0.2) is 33.5 Å². The van der Waals surface area contributed by atoms with Crippen molar-refractivity contribution >= 4 is 5.91 Å². The molecule has 1 amide bonds. The first-order valence-corrected chi connectivity index (χ1v) is 9.77. The van der Waals surface area contributed by atoms with Gasteiger partial charge in [0.25, 0.3) is 0 Å². The summed E-state index contributed by atoms with van der Waals surface area (Å²) in [5.41, 5.74) is 5.56. The lowest BCUT2D eigenvalue weighted by Gasteiger charge is -2.26. The van der Waals surface area contributed by atoms with Gasteiger partial charge in [-0.25, -0.2) is 0 Å². The average molecular weight is 400 g/mol. The largest absolute Gasteiger partial charge is 0.502 e. The van der Waals surface area contributed by atoms with Gasteiger partial charge in [0.15, 0.2) is 17.3 Å². The van der Waals surface area contributed by atoms with Crippen molar-refractivity contribution in [1.82, 2.24) is 4.90 Å². The number of aromatic hydroxyl groups is 1. The number of carbonyl (C=O) groups excluding carboxylic acids is 1. The predicted molar refractivity (Wildman–Crippen MR) is 104 cm³/mol. The van der Waals surface area contributed by atoms with Crippen molar-refractivity contribution in [2.45, 2.75) is 38.1 Å². The number of hydrogen-bond acceptors (Lipinski definition) is 7. The Morgan fingerprint density at radius 1 is 1.14 bits per heavy atom. The quantitative estimate of drug-likeness (QED) is 0.763. The number of likely N-dealkylation sites (tertiary alicyclic amines) is 1. The summed E-state index contributed by atoms with van der Waals surface area (Å²) in [4.78, 5) is 26.4. The van der Waals surface area contributed by atoms with Crippen LogP contribution in [0.1, 0.15) is 48.7 Å². The third-order valence-electron chi connectivity index (χ3n) is 5.35. The van der Waals surface area contributed by atoms with Gasteiger partial charge < -0.3 is 24.7 Å². The molecule has 3 heterocycles. The van der Waals surface area contributed by atoms with Crippen molar-refractivity contribution in [3.8, 4) is 17.2 Å². The van der Waals surface area contributed by atoms with Gasteiger partial charge in [-0.05, 0) is 43.6 Å². The second-order valence-corrected chi connectivity index (χ2v) is 7.46. The van der Waals surface area contributed by atoms with Gasteiger partial charge in [0.1, 0.15) is 5.76 Å². The number of piperidine rings is 1. The van der Waals surface area contributed by atoms with Crippen LogP contribution in [0.2, 0.25) is 0 Å². The minimum Gasteiger partial charge on any atom is -0.502 e. The summed E-state index contributed by atoms with van der Waals surface area (Å²) in [5.74, 6) is -0.162. The fraction of sp³-hybridized carbons (Fsp3) is 0.429. The van der Waals surface area contributed by atoms with E-state index in [2.05, 4.69) is 4.90 Å². The topological polar surface area (TPSA) is 115 Å². The van der Waals surface area contributed by atoms with E-state index >= 15 is 0 Å². The van der Waals surface area contributed by atoms with Gasteiger partial charge in [0, 0.05) is 12.5 Å². The Morgan fingerprint density at radius 2 is 1.90 bits per heavy atom. The number of nitrogens with zero attached hydrogens (tertiary/aromatic N) is 1. The summed E-state index contributed by atoms with van der Waals surface area (Å²) in [6.45, 7) is 2.47. The Morgan fingerprint density at radius 3 is 2.66 bits per heavy atom. The number of ether oxygens (including phenoxy) is 2. The first kappa shape index (κ1) is 19.3. The average Bonchev–Trinajstić information content (AvgIpc) is 3.17. The minimum absolute atomic E-state index is 0.0437. The van der Waals surface area contributed by atoms with Crippen molar-refractivity contribution in [2.24, 2.45) is 5.73 Å². The Labute approximate surface area is 167 Å². The molecule has 154 valence electrons. The molecule has 1 fully saturated rings. The van der Waals surface area contributed by atoms with Gasteiger partial charge in [0.2, 0.25) is 23.9 Å². The van der Waals surface area contributed by atoms with E-state index in [1.54, 1.807) is 18.2 Å². The van der Waals surface area contributed by atoms with Crippen LogP contribution < -0.4 is 20.6 Å². The molecule has 8 heteroatoms. The monoisotopic (exact) mass is 400 g/mol. The Hall–Kier alpha value is -3.00. The van der Waals surface area contributed by atoms with Crippen molar-refractivity contribution in [2.75, 3.05) is 19.9 Å². The molecule has 0 bridgehead atoms. The zero-order valence-corrected chi connectivity index (χ0v) is 16.1. The van der Waals surface area contributed by atoms with Gasteiger partial charge in [-0.3, -0.25) is 14.5 Å². The normalized spacial score (nSPS) is 17.2. The first-order chi connectivity index (χ1) is 14.0. The molecule has 1 saturated heterocycles. The predicted octanol–water partition coefficient (Wildman–Crippen LogP) is 2.07. The number of fused-ring (bicyclic) bond motifs is 1. The fourth-order valence-corrected chi connectivity index (χ4v) is 3.90. The molecule has 2 aliphatic heterocycles. The number of primary amides is 1. The van der Waals surface area contributed by atoms with Gasteiger partial charge in [0.05, 0.1) is 12.5 Å². The summed E-state index contributed by atoms with van der Waals surface area (Å²) in [6, 6.07) is 6.50. The zero-order valence-electron chi connectivity index (χ0n) is 16.1. The van der Waals surface area contributed by atoms with E-state index in [9.17, 15) is 14.7 Å². The van der Waals surface area contributed by atoms with Crippen LogP contribution in [0.3, 0.4) is 0 Å². The second kappa shape index (κ2) is 8.16. The molecule has 2 aromatic rings. The van der Waals surface area contributed by atoms with Gasteiger partial charge in [-0.1, -0.05) is 12.5 Å². The molecule has 1 aromatic carbocycles. The molecule has 4 rings (SSSR count). The molecule has 1 unspecified atom stereocenters. The molecule has 0 aliphatic carbocycles. The van der Waals surface area contributed by atoms with E-state index < -0.39 is 23.0 Å². The summed E-state index contributed by atoms with van der Waals surface area (Å²) in [7, 11) is 0. The lowest BCUT2D eigenvalue weighted by molar-refractivity contribution is -0.118. The van der Waals surface area contributed by atoms with Crippen molar-refractivity contribution in [3.63, 3.8) is 0 Å². The molecule has 0 radical (unpaired) electrons. The highest BCUT2D eigenvalue weighted by Gasteiger charge is 2.27. The molecule has 1 aromatic heterocycles. The highest BCUT2D eigenvalue weighted by atomic mass is 16.7. The van der Waals surface area contributed by atoms with Crippen LogP contribution in [-0.4, -0.2) is 35.8 Å². The van der Waals surface area contributed by atoms with E-state index in [-0.39, 0.29) is 19.0 Å². The molecule has 2 aliphatic rings. The summed E-state index contributed by atoms with van der Waals surface area (Å²) < 4.78 is 16.7. The van der Waals surface area contributed by atoms with Gasteiger partial charge >= 0.3 is 0 Å². The molecular formula is C21H24N2O6. The minimum atomic E-state index is -0.712. The van der Waals surface area contributed by atoms with E-state index in [0.717, 1.165) is 25.9 Å². The summed E-state index contributed by atoms with van der Waals surface area (Å²) in [5, 5.41) is 10.4. The Balaban J connectivity index is 1.71. The molecule has 1 atom stereocenters. The molecule has 0 saturated carbocycles. The van der Waals surface area contributed by atoms with E-state index in [1.165, 1.54) is 12.5 Å². The third kappa shape index (κ3) is 4.22. The number of amides is 1. The highest BCUT2D eigenvalue weighted by Crippen LogP contribution is 2.39. The molecular weight excluding hydrogens is 376 g/mol. The molecule has 8 nitrogen and oxygen atoms in total. The SMILES string of the molecule is NC(=O)CC(c1ccc2c(c1)OCO2)c1oc(CN2CCCCC2)cc(=O)c1O. The third-order valence-corrected chi connectivity index (χ3v) is 5.35. The molecule has 29 heavy (non-hydrogen) atoms. The highest BCUT2D eigenvalue weighted by molar-refractivity contribution is 5.75. The fourth-order valence-electron chi connectivity index (χ4n) is 3.90.